The van der Waals surface area contributed by atoms with Gasteiger partial charge >= 0.3 is 8.03 Å². The lowest BCUT2D eigenvalue weighted by Gasteiger charge is -2.38. The minimum absolute atomic E-state index is 0. The van der Waals surface area contributed by atoms with E-state index < -0.39 is 8.03 Å². The Morgan fingerprint density at radius 1 is 0.500 bits per heavy atom. The molecule has 0 N–H and O–H groups in total. The van der Waals surface area contributed by atoms with Crippen LogP contribution in [0.15, 0.2) is 0 Å². The van der Waals surface area contributed by atoms with Crippen molar-refractivity contribution in [3.63, 3.8) is 0 Å². The maximum Gasteiger partial charge on any atom is 0.514 e. The van der Waals surface area contributed by atoms with Crippen molar-refractivity contribution in [2.45, 2.75) is 246 Å². The Kier molecular flexibility index (Phi) is 32.6. The highest BCUT2D eigenvalue weighted by atomic mass is 31.1. The predicted octanol–water partition coefficient (Wildman–Crippen LogP) is 15.6. The van der Waals surface area contributed by atoms with Gasteiger partial charge in [-0.05, 0) is 56.4 Å². The van der Waals surface area contributed by atoms with Crippen molar-refractivity contribution in [3.8, 4) is 0 Å². The lowest BCUT2D eigenvalue weighted by atomic mass is 9.74. The molecule has 4 unspecified atom stereocenters. The molecule has 0 aromatic rings. The third-order valence-corrected chi connectivity index (χ3v) is 12.5. The van der Waals surface area contributed by atoms with Crippen molar-refractivity contribution in [1.29, 1.82) is 0 Å². The molecular weight excluding hydrogens is 574 g/mol. The van der Waals surface area contributed by atoms with Gasteiger partial charge in [0.2, 0.25) is 0 Å². The highest BCUT2D eigenvalue weighted by Crippen LogP contribution is 2.53. The maximum atomic E-state index is 14.3. The minimum Gasteiger partial charge on any atom is -0.153 e. The van der Waals surface area contributed by atoms with E-state index in [9.17, 15) is 4.57 Å². The van der Waals surface area contributed by atoms with Crippen molar-refractivity contribution in [2.75, 3.05) is 0 Å². The number of unbranched alkanes of at least 4 members (excludes halogenated alkanes) is 18. The molecule has 0 aliphatic rings. The summed E-state index contributed by atoms with van der Waals surface area (Å²) >= 11 is 0. The standard InChI is InChI=1S/C40H82O2P.H3P/c1-9-14-18-22-23-24-25-26-27-29-34-38(33-28-19-15-10-2)40(35-30-20-16-11-3,36-31-21-17-12-4)42-43(41)39(7,8)37(6)32-13-5;/h37-38H,9-36H2,1-8H3;1H3/q+1;. The first-order chi connectivity index (χ1) is 20.7. The summed E-state index contributed by atoms with van der Waals surface area (Å²) in [6, 6.07) is 0. The molecule has 266 valence electrons. The Labute approximate surface area is 284 Å². The monoisotopic (exact) mass is 660 g/mol. The summed E-state index contributed by atoms with van der Waals surface area (Å²) in [5.74, 6) is 0.946. The summed E-state index contributed by atoms with van der Waals surface area (Å²) in [6.07, 6.45) is 36.3. The van der Waals surface area contributed by atoms with Crippen LogP contribution in [0.2, 0.25) is 0 Å². The number of hydrogen-bond acceptors (Lipinski definition) is 2. The molecule has 0 aromatic heterocycles. The summed E-state index contributed by atoms with van der Waals surface area (Å²) in [4.78, 5) is 0. The minimum atomic E-state index is -1.75. The van der Waals surface area contributed by atoms with E-state index in [1.807, 2.05) is 0 Å². The molecule has 0 aromatic carbocycles. The molecule has 0 aliphatic carbocycles. The molecular formula is C40H85O2P2+. The van der Waals surface area contributed by atoms with Gasteiger partial charge in [-0.2, -0.15) is 9.90 Å². The van der Waals surface area contributed by atoms with Crippen molar-refractivity contribution in [3.05, 3.63) is 0 Å². The average Bonchev–Trinajstić information content (AvgIpc) is 2.99. The maximum absolute atomic E-state index is 14.3. The van der Waals surface area contributed by atoms with Crippen molar-refractivity contribution >= 4 is 17.9 Å². The molecule has 0 fully saturated rings. The van der Waals surface area contributed by atoms with Crippen LogP contribution in [0.25, 0.3) is 0 Å². The molecule has 2 nitrogen and oxygen atoms in total. The topological polar surface area (TPSA) is 26.3 Å². The third-order valence-electron chi connectivity index (χ3n) is 10.6. The quantitative estimate of drug-likeness (QED) is 0.0518. The molecule has 0 spiro atoms. The van der Waals surface area contributed by atoms with Crippen LogP contribution < -0.4 is 0 Å². The van der Waals surface area contributed by atoms with E-state index in [4.69, 9.17) is 4.52 Å². The van der Waals surface area contributed by atoms with E-state index in [-0.39, 0.29) is 20.7 Å². The summed E-state index contributed by atoms with van der Waals surface area (Å²) < 4.78 is 21.5. The van der Waals surface area contributed by atoms with Crippen LogP contribution in [0.3, 0.4) is 0 Å². The Morgan fingerprint density at radius 3 is 1.23 bits per heavy atom. The molecule has 44 heavy (non-hydrogen) atoms. The van der Waals surface area contributed by atoms with Gasteiger partial charge in [-0.3, -0.25) is 0 Å². The van der Waals surface area contributed by atoms with Crippen LogP contribution in [0.1, 0.15) is 235 Å². The normalized spacial score (nSPS) is 14.0. The van der Waals surface area contributed by atoms with Crippen LogP contribution in [0.4, 0.5) is 0 Å². The lowest BCUT2D eigenvalue weighted by Crippen LogP contribution is -2.41. The summed E-state index contributed by atoms with van der Waals surface area (Å²) in [7, 11) is -1.75. The number of rotatable bonds is 33. The van der Waals surface area contributed by atoms with Crippen LogP contribution in [-0.4, -0.2) is 10.8 Å². The molecule has 0 saturated heterocycles. The van der Waals surface area contributed by atoms with Gasteiger partial charge < -0.3 is 0 Å². The van der Waals surface area contributed by atoms with Gasteiger partial charge in [-0.15, -0.1) is 4.52 Å². The molecule has 4 atom stereocenters. The van der Waals surface area contributed by atoms with E-state index in [0.29, 0.717) is 11.8 Å². The van der Waals surface area contributed by atoms with E-state index in [0.717, 1.165) is 25.7 Å². The smallest absolute Gasteiger partial charge is 0.153 e. The van der Waals surface area contributed by atoms with Gasteiger partial charge in [0.25, 0.3) is 0 Å². The molecule has 4 heteroatoms. The third kappa shape index (κ3) is 21.4. The fraction of sp³-hybridized carbons (Fsp3) is 1.00. The van der Waals surface area contributed by atoms with Crippen LogP contribution in [-0.2, 0) is 9.09 Å². The molecule has 0 aliphatic heterocycles. The Hall–Kier alpha value is 0.490. The van der Waals surface area contributed by atoms with Gasteiger partial charge in [0, 0.05) is 5.92 Å². The zero-order chi connectivity index (χ0) is 32.2. The second-order valence-electron chi connectivity index (χ2n) is 14.9. The number of hydrogen-bond donors (Lipinski definition) is 0. The first-order valence-corrected chi connectivity index (χ1v) is 21.1. The van der Waals surface area contributed by atoms with Gasteiger partial charge in [0.05, 0.1) is 0 Å². The first kappa shape index (κ1) is 46.6. The van der Waals surface area contributed by atoms with E-state index in [1.165, 1.54) is 154 Å². The Balaban J connectivity index is 0. The fourth-order valence-corrected chi connectivity index (χ4v) is 8.40. The van der Waals surface area contributed by atoms with Gasteiger partial charge in [0.15, 0.2) is 5.16 Å². The Morgan fingerprint density at radius 2 is 0.841 bits per heavy atom. The first-order valence-electron chi connectivity index (χ1n) is 19.9. The summed E-state index contributed by atoms with van der Waals surface area (Å²) in [5, 5.41) is -0.284. The lowest BCUT2D eigenvalue weighted by molar-refractivity contribution is -0.0184. The molecule has 0 rings (SSSR count). The largest absolute Gasteiger partial charge is 0.514 e. The molecule has 0 amide bonds. The van der Waals surface area contributed by atoms with Gasteiger partial charge in [-0.25, -0.2) is 0 Å². The molecule has 0 radical (unpaired) electrons. The highest BCUT2D eigenvalue weighted by molar-refractivity contribution is 7.41. The molecule has 0 heterocycles. The summed E-state index contributed by atoms with van der Waals surface area (Å²) in [5.41, 5.74) is -0.219. The SMILES string of the molecule is CCCCCCCCCCCCC(CCCCCC)C(CCCCCC)(CCCCCC)O[P+](=O)C(C)(C)C(C)CCC.P. The van der Waals surface area contributed by atoms with Crippen LogP contribution >= 0.6 is 17.9 Å². The van der Waals surface area contributed by atoms with Gasteiger partial charge in [0.1, 0.15) is 5.60 Å². The molecule has 0 bridgehead atoms. The zero-order valence-electron chi connectivity index (χ0n) is 31.9. The second kappa shape index (κ2) is 30.8. The Bertz CT molecular complexity index is 608. The van der Waals surface area contributed by atoms with Crippen molar-refractivity contribution in [2.24, 2.45) is 11.8 Å². The van der Waals surface area contributed by atoms with Crippen molar-refractivity contribution < 1.29 is 9.09 Å². The zero-order valence-corrected chi connectivity index (χ0v) is 34.2. The van der Waals surface area contributed by atoms with E-state index in [2.05, 4.69) is 55.4 Å². The summed E-state index contributed by atoms with van der Waals surface area (Å²) in [6.45, 7) is 18.3. The van der Waals surface area contributed by atoms with Crippen molar-refractivity contribution in [1.82, 2.24) is 0 Å². The predicted molar refractivity (Wildman–Crippen MR) is 207 cm³/mol. The van der Waals surface area contributed by atoms with Crippen LogP contribution in [0, 0.1) is 11.8 Å². The van der Waals surface area contributed by atoms with E-state index in [1.54, 1.807) is 0 Å². The van der Waals surface area contributed by atoms with Gasteiger partial charge in [-0.1, -0.05) is 189 Å². The molecule has 0 saturated carbocycles. The highest BCUT2D eigenvalue weighted by Gasteiger charge is 2.53. The van der Waals surface area contributed by atoms with E-state index >= 15 is 0 Å². The fourth-order valence-electron chi connectivity index (χ4n) is 7.02. The average molecular weight is 660 g/mol. The second-order valence-corrected chi connectivity index (χ2v) is 16.7. The van der Waals surface area contributed by atoms with Crippen LogP contribution in [0.5, 0.6) is 0 Å².